The Morgan fingerprint density at radius 2 is 1.59 bits per heavy atom. The highest BCUT2D eigenvalue weighted by Crippen LogP contribution is 2.30. The van der Waals surface area contributed by atoms with Crippen LogP contribution in [0.3, 0.4) is 0 Å². The lowest BCUT2D eigenvalue weighted by Crippen LogP contribution is -2.56. The van der Waals surface area contributed by atoms with Crippen LogP contribution in [0.4, 0.5) is 11.4 Å². The molecule has 0 aliphatic heterocycles. The van der Waals surface area contributed by atoms with E-state index in [0.29, 0.717) is 16.3 Å². The molecule has 258 valence electrons. The van der Waals surface area contributed by atoms with Crippen LogP contribution in [0.15, 0.2) is 102 Å². The summed E-state index contributed by atoms with van der Waals surface area (Å²) in [4.78, 5) is 40.7. The van der Waals surface area contributed by atoms with E-state index in [0.717, 1.165) is 15.9 Å². The van der Waals surface area contributed by atoms with E-state index < -0.39 is 44.9 Å². The van der Waals surface area contributed by atoms with Crippen LogP contribution in [-0.2, 0) is 32.6 Å². The first-order chi connectivity index (χ1) is 23.1. The quantitative estimate of drug-likeness (QED) is 0.127. The standard InChI is InChI=1S/C36H39ClN4O7S/c1-25-14-19-31(22-32(25)41(44)45)49(46,47)40(29-15-17-30(48-5)18-16-29)24-34(42)39(23-27-12-9-13-28(37)20-27)33(35(43)38-36(2,3)4)21-26-10-7-6-8-11-26/h6-20,22,33H,21,23-24H2,1-5H3,(H,38,43)/t33-/m1/s1. The number of nitro benzene ring substituents is 1. The first kappa shape index (κ1) is 36.9. The van der Waals surface area contributed by atoms with Crippen molar-refractivity contribution in [3.8, 4) is 5.75 Å². The fourth-order valence-electron chi connectivity index (χ4n) is 5.19. The maximum atomic E-state index is 14.6. The van der Waals surface area contributed by atoms with E-state index in [9.17, 15) is 28.1 Å². The zero-order valence-corrected chi connectivity index (χ0v) is 29.5. The van der Waals surface area contributed by atoms with Gasteiger partial charge in [0.1, 0.15) is 18.3 Å². The molecule has 4 aromatic carbocycles. The molecule has 0 aromatic heterocycles. The van der Waals surface area contributed by atoms with Gasteiger partial charge in [-0.3, -0.25) is 24.0 Å². The molecule has 4 rings (SSSR count). The smallest absolute Gasteiger partial charge is 0.273 e. The molecule has 4 aromatic rings. The Morgan fingerprint density at radius 1 is 0.939 bits per heavy atom. The molecular weight excluding hydrogens is 668 g/mol. The third-order valence-electron chi connectivity index (χ3n) is 7.62. The predicted octanol–water partition coefficient (Wildman–Crippen LogP) is 6.32. The third-order valence-corrected chi connectivity index (χ3v) is 9.62. The average molecular weight is 707 g/mol. The molecule has 2 amide bonds. The number of halogens is 1. The number of hydrogen-bond donors (Lipinski definition) is 1. The van der Waals surface area contributed by atoms with Gasteiger partial charge in [-0.25, -0.2) is 8.42 Å². The average Bonchev–Trinajstić information content (AvgIpc) is 3.04. The van der Waals surface area contributed by atoms with Gasteiger partial charge in [0.15, 0.2) is 0 Å². The minimum atomic E-state index is -4.57. The number of aryl methyl sites for hydroxylation is 1. The van der Waals surface area contributed by atoms with Gasteiger partial charge in [-0.05, 0) is 81.3 Å². The van der Waals surface area contributed by atoms with E-state index in [4.69, 9.17) is 16.3 Å². The largest absolute Gasteiger partial charge is 0.497 e. The SMILES string of the molecule is COc1ccc(N(CC(=O)N(Cc2cccc(Cl)c2)[C@H](Cc2ccccc2)C(=O)NC(C)(C)C)S(=O)(=O)c2ccc(C)c([N+](=O)[O-])c2)cc1. The van der Waals surface area contributed by atoms with E-state index in [1.54, 1.807) is 36.4 Å². The molecule has 11 nitrogen and oxygen atoms in total. The highest BCUT2D eigenvalue weighted by atomic mass is 35.5. The summed E-state index contributed by atoms with van der Waals surface area (Å²) in [5.41, 5.74) is 0.764. The van der Waals surface area contributed by atoms with E-state index in [2.05, 4.69) is 5.32 Å². The van der Waals surface area contributed by atoms with Crippen molar-refractivity contribution in [1.29, 1.82) is 0 Å². The van der Waals surface area contributed by atoms with Crippen LogP contribution in [0.1, 0.15) is 37.5 Å². The molecule has 1 N–H and O–H groups in total. The van der Waals surface area contributed by atoms with Gasteiger partial charge in [-0.15, -0.1) is 0 Å². The molecule has 0 bridgehead atoms. The van der Waals surface area contributed by atoms with Crippen LogP contribution in [-0.4, -0.2) is 55.3 Å². The summed E-state index contributed by atoms with van der Waals surface area (Å²) in [7, 11) is -3.11. The van der Waals surface area contributed by atoms with Crippen LogP contribution in [0, 0.1) is 17.0 Å². The molecule has 49 heavy (non-hydrogen) atoms. The van der Waals surface area contributed by atoms with Crippen molar-refractivity contribution < 1.29 is 27.7 Å². The van der Waals surface area contributed by atoms with Gasteiger partial charge in [0.2, 0.25) is 11.8 Å². The minimum Gasteiger partial charge on any atom is -0.497 e. The van der Waals surface area contributed by atoms with Gasteiger partial charge in [-0.2, -0.15) is 0 Å². The molecule has 0 aliphatic carbocycles. The van der Waals surface area contributed by atoms with Crippen molar-refractivity contribution in [1.82, 2.24) is 10.2 Å². The van der Waals surface area contributed by atoms with Gasteiger partial charge in [0, 0.05) is 35.2 Å². The number of ether oxygens (including phenoxy) is 1. The van der Waals surface area contributed by atoms with E-state index >= 15 is 0 Å². The number of carbonyl (C=O) groups excluding carboxylic acids is 2. The van der Waals surface area contributed by atoms with Crippen molar-refractivity contribution in [3.05, 3.63) is 129 Å². The number of methoxy groups -OCH3 is 1. The molecule has 0 unspecified atom stereocenters. The fraction of sp³-hybridized carbons (Fsp3) is 0.278. The number of nitrogens with zero attached hydrogens (tertiary/aromatic N) is 3. The van der Waals surface area contributed by atoms with Crippen LogP contribution in [0.2, 0.25) is 5.02 Å². The number of benzene rings is 4. The summed E-state index contributed by atoms with van der Waals surface area (Å²) >= 11 is 6.30. The molecule has 0 radical (unpaired) electrons. The van der Waals surface area contributed by atoms with Gasteiger partial charge < -0.3 is 15.0 Å². The Balaban J connectivity index is 1.86. The highest BCUT2D eigenvalue weighted by Gasteiger charge is 2.36. The lowest BCUT2D eigenvalue weighted by molar-refractivity contribution is -0.385. The van der Waals surface area contributed by atoms with Crippen LogP contribution >= 0.6 is 11.6 Å². The van der Waals surface area contributed by atoms with E-state index in [1.165, 1.54) is 43.2 Å². The Morgan fingerprint density at radius 3 is 2.18 bits per heavy atom. The third kappa shape index (κ3) is 9.58. The summed E-state index contributed by atoms with van der Waals surface area (Å²) in [5.74, 6) is -0.673. The summed E-state index contributed by atoms with van der Waals surface area (Å²) in [5, 5.41) is 15.1. The molecular formula is C36H39ClN4O7S. The molecule has 0 fully saturated rings. The zero-order valence-electron chi connectivity index (χ0n) is 27.9. The summed E-state index contributed by atoms with van der Waals surface area (Å²) in [6.45, 7) is 6.18. The Labute approximate surface area is 291 Å². The number of sulfonamides is 1. The topological polar surface area (TPSA) is 139 Å². The molecule has 0 saturated carbocycles. The number of nitrogens with one attached hydrogen (secondary N) is 1. The summed E-state index contributed by atoms with van der Waals surface area (Å²) < 4.78 is 34.8. The number of hydrogen-bond acceptors (Lipinski definition) is 7. The maximum Gasteiger partial charge on any atom is 0.273 e. The van der Waals surface area contributed by atoms with E-state index in [1.807, 2.05) is 51.1 Å². The van der Waals surface area contributed by atoms with Crippen molar-refractivity contribution in [2.75, 3.05) is 18.0 Å². The molecule has 0 saturated heterocycles. The lowest BCUT2D eigenvalue weighted by Gasteiger charge is -2.35. The van der Waals surface area contributed by atoms with Gasteiger partial charge in [-0.1, -0.05) is 60.1 Å². The molecule has 0 heterocycles. The number of amides is 2. The first-order valence-corrected chi connectivity index (χ1v) is 17.2. The summed E-state index contributed by atoms with van der Waals surface area (Å²) in [6.07, 6.45) is 0.133. The van der Waals surface area contributed by atoms with Crippen molar-refractivity contribution in [2.24, 2.45) is 0 Å². The van der Waals surface area contributed by atoms with E-state index in [-0.39, 0.29) is 34.8 Å². The predicted molar refractivity (Wildman–Crippen MR) is 189 cm³/mol. The number of carbonyl (C=O) groups is 2. The normalized spacial score (nSPS) is 12.1. The second kappa shape index (κ2) is 15.5. The Bertz CT molecular complexity index is 1910. The zero-order chi connectivity index (χ0) is 35.9. The molecule has 0 spiro atoms. The molecule has 1 atom stereocenters. The molecule has 0 aliphatic rings. The monoisotopic (exact) mass is 706 g/mol. The van der Waals surface area contributed by atoms with Gasteiger partial charge in [0.25, 0.3) is 15.7 Å². The number of nitro groups is 1. The van der Waals surface area contributed by atoms with Crippen molar-refractivity contribution in [3.63, 3.8) is 0 Å². The van der Waals surface area contributed by atoms with Gasteiger partial charge >= 0.3 is 0 Å². The van der Waals surface area contributed by atoms with Crippen LogP contribution < -0.4 is 14.4 Å². The van der Waals surface area contributed by atoms with Crippen LogP contribution in [0.5, 0.6) is 5.75 Å². The second-order valence-corrected chi connectivity index (χ2v) is 14.8. The fourth-order valence-corrected chi connectivity index (χ4v) is 6.84. The minimum absolute atomic E-state index is 0.0685. The lowest BCUT2D eigenvalue weighted by atomic mass is 10.0. The maximum absolute atomic E-state index is 14.6. The Kier molecular flexibility index (Phi) is 11.7. The first-order valence-electron chi connectivity index (χ1n) is 15.4. The highest BCUT2D eigenvalue weighted by molar-refractivity contribution is 7.92. The Hall–Kier alpha value is -4.94. The number of rotatable bonds is 13. The van der Waals surface area contributed by atoms with Crippen molar-refractivity contribution >= 4 is 44.8 Å². The van der Waals surface area contributed by atoms with Gasteiger partial charge in [0.05, 0.1) is 22.6 Å². The number of anilines is 1. The second-order valence-electron chi connectivity index (χ2n) is 12.5. The van der Waals surface area contributed by atoms with Crippen LogP contribution in [0.25, 0.3) is 0 Å². The molecule has 13 heteroatoms. The summed E-state index contributed by atoms with van der Waals surface area (Å²) in [6, 6.07) is 24.6. The van der Waals surface area contributed by atoms with Crippen molar-refractivity contribution in [2.45, 2.75) is 57.1 Å².